The second-order valence-corrected chi connectivity index (χ2v) is 4.80. The van der Waals surface area contributed by atoms with Crippen molar-refractivity contribution in [1.82, 2.24) is 9.13 Å². The van der Waals surface area contributed by atoms with Crippen molar-refractivity contribution in [3.63, 3.8) is 0 Å². The summed E-state index contributed by atoms with van der Waals surface area (Å²) in [4.78, 5) is 36.2. The molecule has 0 N–H and O–H groups in total. The van der Waals surface area contributed by atoms with Crippen LogP contribution in [0.4, 0.5) is 8.78 Å². The molecule has 1 aromatic heterocycles. The number of halogens is 2. The minimum atomic E-state index is -1.09. The molecule has 0 aliphatic rings. The van der Waals surface area contributed by atoms with E-state index < -0.39 is 28.9 Å². The van der Waals surface area contributed by atoms with Gasteiger partial charge in [0.15, 0.2) is 11.6 Å². The van der Waals surface area contributed by atoms with E-state index in [2.05, 4.69) is 0 Å². The number of nitrogens with zero attached hydrogens (tertiary/aromatic N) is 2. The van der Waals surface area contributed by atoms with Gasteiger partial charge in [-0.2, -0.15) is 0 Å². The van der Waals surface area contributed by atoms with Crippen LogP contribution in [0.3, 0.4) is 0 Å². The second-order valence-electron chi connectivity index (χ2n) is 4.80. The van der Waals surface area contributed by atoms with Crippen molar-refractivity contribution in [3.8, 4) is 0 Å². The van der Waals surface area contributed by atoms with Crippen LogP contribution in [0, 0.1) is 11.6 Å². The van der Waals surface area contributed by atoms with E-state index in [0.29, 0.717) is 0 Å². The average molecular weight is 324 g/mol. The van der Waals surface area contributed by atoms with Crippen molar-refractivity contribution < 1.29 is 18.3 Å². The number of rotatable bonds is 4. The lowest BCUT2D eigenvalue weighted by atomic mass is 10.2. The van der Waals surface area contributed by atoms with Gasteiger partial charge in [0.05, 0.1) is 13.2 Å². The van der Waals surface area contributed by atoms with E-state index in [-0.39, 0.29) is 24.3 Å². The molecule has 0 radical (unpaired) electrons. The van der Waals surface area contributed by atoms with E-state index in [1.54, 1.807) is 6.92 Å². The van der Waals surface area contributed by atoms with Crippen molar-refractivity contribution >= 4 is 5.97 Å². The fraction of sp³-hybridized carbons (Fsp3) is 0.267. The van der Waals surface area contributed by atoms with Gasteiger partial charge in [-0.15, -0.1) is 0 Å². The average Bonchev–Trinajstić information content (AvgIpc) is 2.51. The number of aryl methyl sites for hydroxylation is 1. The second kappa shape index (κ2) is 6.55. The van der Waals surface area contributed by atoms with Crippen LogP contribution in [0.1, 0.15) is 22.8 Å². The summed E-state index contributed by atoms with van der Waals surface area (Å²) in [5.41, 5.74) is -1.63. The number of aromatic nitrogens is 2. The predicted molar refractivity (Wildman–Crippen MR) is 77.4 cm³/mol. The Morgan fingerprint density at radius 2 is 1.91 bits per heavy atom. The molecule has 2 aromatic rings. The summed E-state index contributed by atoms with van der Waals surface area (Å²) in [5.74, 6) is -2.98. The number of ether oxygens (including phenoxy) is 1. The normalized spacial score (nSPS) is 10.6. The van der Waals surface area contributed by atoms with E-state index in [1.807, 2.05) is 0 Å². The SMILES string of the molecule is CCOC(=O)c1cn(C)c(=O)n(Cc2ccc(F)c(F)c2)c1=O. The third kappa shape index (κ3) is 3.36. The van der Waals surface area contributed by atoms with E-state index in [4.69, 9.17) is 4.74 Å². The molecule has 8 heteroatoms. The standard InChI is InChI=1S/C15H14F2N2O4/c1-3-23-14(21)10-8-18(2)15(22)19(13(10)20)7-9-4-5-11(16)12(17)6-9/h4-6,8H,3,7H2,1-2H3. The van der Waals surface area contributed by atoms with Crippen LogP contribution in [-0.2, 0) is 18.3 Å². The molecular formula is C15H14F2N2O4. The maximum atomic E-state index is 13.3. The van der Waals surface area contributed by atoms with Gasteiger partial charge in [0.1, 0.15) is 5.56 Å². The van der Waals surface area contributed by atoms with E-state index in [1.165, 1.54) is 13.1 Å². The Kier molecular flexibility index (Phi) is 4.73. The molecule has 0 spiro atoms. The van der Waals surface area contributed by atoms with Crippen LogP contribution in [0.2, 0.25) is 0 Å². The van der Waals surface area contributed by atoms with Gasteiger partial charge in [0, 0.05) is 13.2 Å². The van der Waals surface area contributed by atoms with Crippen LogP contribution >= 0.6 is 0 Å². The molecule has 0 bridgehead atoms. The maximum absolute atomic E-state index is 13.3. The molecule has 1 heterocycles. The number of carbonyl (C=O) groups is 1. The third-order valence-electron chi connectivity index (χ3n) is 3.15. The van der Waals surface area contributed by atoms with Gasteiger partial charge in [-0.1, -0.05) is 6.07 Å². The summed E-state index contributed by atoms with van der Waals surface area (Å²) in [6.45, 7) is 1.36. The number of hydrogen-bond donors (Lipinski definition) is 0. The Morgan fingerprint density at radius 3 is 2.52 bits per heavy atom. The van der Waals surface area contributed by atoms with Crippen LogP contribution in [0.5, 0.6) is 0 Å². The molecule has 2 rings (SSSR count). The zero-order valence-electron chi connectivity index (χ0n) is 12.5. The summed E-state index contributed by atoms with van der Waals surface area (Å²) in [7, 11) is 1.37. The van der Waals surface area contributed by atoms with Crippen LogP contribution < -0.4 is 11.2 Å². The van der Waals surface area contributed by atoms with Crippen LogP contribution in [0.25, 0.3) is 0 Å². The molecule has 0 unspecified atom stereocenters. The maximum Gasteiger partial charge on any atom is 0.345 e. The molecule has 0 saturated carbocycles. The van der Waals surface area contributed by atoms with Crippen molar-refractivity contribution in [2.24, 2.45) is 7.05 Å². The molecule has 122 valence electrons. The van der Waals surface area contributed by atoms with Gasteiger partial charge in [0.2, 0.25) is 0 Å². The monoisotopic (exact) mass is 324 g/mol. The molecule has 0 atom stereocenters. The molecule has 0 amide bonds. The highest BCUT2D eigenvalue weighted by molar-refractivity contribution is 5.88. The Bertz CT molecular complexity index is 871. The zero-order valence-corrected chi connectivity index (χ0v) is 12.5. The van der Waals surface area contributed by atoms with Gasteiger partial charge >= 0.3 is 11.7 Å². The molecule has 0 aliphatic heterocycles. The third-order valence-corrected chi connectivity index (χ3v) is 3.15. The zero-order chi connectivity index (χ0) is 17.1. The van der Waals surface area contributed by atoms with Crippen LogP contribution in [0.15, 0.2) is 34.0 Å². The Morgan fingerprint density at radius 1 is 1.22 bits per heavy atom. The van der Waals surface area contributed by atoms with Crippen molar-refractivity contribution in [2.45, 2.75) is 13.5 Å². The van der Waals surface area contributed by atoms with Crippen LogP contribution in [-0.4, -0.2) is 21.7 Å². The quantitative estimate of drug-likeness (QED) is 0.788. The first kappa shape index (κ1) is 16.6. The lowest BCUT2D eigenvalue weighted by molar-refractivity contribution is 0.0522. The molecular weight excluding hydrogens is 310 g/mol. The van der Waals surface area contributed by atoms with Crippen molar-refractivity contribution in [2.75, 3.05) is 6.61 Å². The Labute approximate surface area is 129 Å². The van der Waals surface area contributed by atoms with Gasteiger partial charge in [-0.25, -0.2) is 18.4 Å². The first-order valence-corrected chi connectivity index (χ1v) is 6.76. The summed E-state index contributed by atoms with van der Waals surface area (Å²) in [5, 5.41) is 0. The molecule has 23 heavy (non-hydrogen) atoms. The topological polar surface area (TPSA) is 70.3 Å². The van der Waals surface area contributed by atoms with Gasteiger partial charge in [-0.3, -0.25) is 9.36 Å². The minimum Gasteiger partial charge on any atom is -0.462 e. The number of benzene rings is 1. The Hall–Kier alpha value is -2.77. The van der Waals surface area contributed by atoms with Gasteiger partial charge in [0.25, 0.3) is 5.56 Å². The predicted octanol–water partition coefficient (Wildman–Crippen LogP) is 1.05. The van der Waals surface area contributed by atoms with Gasteiger partial charge < -0.3 is 9.30 Å². The molecule has 0 saturated heterocycles. The van der Waals surface area contributed by atoms with Crippen molar-refractivity contribution in [1.29, 1.82) is 0 Å². The van der Waals surface area contributed by atoms with E-state index in [9.17, 15) is 23.2 Å². The van der Waals surface area contributed by atoms with Gasteiger partial charge in [-0.05, 0) is 24.6 Å². The summed E-state index contributed by atoms with van der Waals surface area (Å²) in [6, 6.07) is 3.04. The fourth-order valence-corrected chi connectivity index (χ4v) is 2.04. The van der Waals surface area contributed by atoms with Crippen molar-refractivity contribution in [3.05, 3.63) is 68.0 Å². The highest BCUT2D eigenvalue weighted by Gasteiger charge is 2.17. The first-order valence-electron chi connectivity index (χ1n) is 6.76. The molecule has 6 nitrogen and oxygen atoms in total. The highest BCUT2D eigenvalue weighted by Crippen LogP contribution is 2.09. The molecule has 0 fully saturated rings. The summed E-state index contributed by atoms with van der Waals surface area (Å²) in [6.07, 6.45) is 1.09. The summed E-state index contributed by atoms with van der Waals surface area (Å²) < 4.78 is 32.8. The molecule has 0 aliphatic carbocycles. The number of hydrogen-bond acceptors (Lipinski definition) is 4. The minimum absolute atomic E-state index is 0.0737. The molecule has 1 aromatic carbocycles. The highest BCUT2D eigenvalue weighted by atomic mass is 19.2. The fourth-order valence-electron chi connectivity index (χ4n) is 2.04. The largest absolute Gasteiger partial charge is 0.462 e. The first-order chi connectivity index (χ1) is 10.8. The smallest absolute Gasteiger partial charge is 0.345 e. The number of esters is 1. The van der Waals surface area contributed by atoms with E-state index >= 15 is 0 Å². The lowest BCUT2D eigenvalue weighted by Crippen LogP contribution is -2.42. The number of carbonyl (C=O) groups excluding carboxylic acids is 1. The Balaban J connectivity index is 2.53. The van der Waals surface area contributed by atoms with E-state index in [0.717, 1.165) is 27.5 Å². The summed E-state index contributed by atoms with van der Waals surface area (Å²) >= 11 is 0. The lowest BCUT2D eigenvalue weighted by Gasteiger charge is -2.10.